The first-order valence-electron chi connectivity index (χ1n) is 5.95. The summed E-state index contributed by atoms with van der Waals surface area (Å²) < 4.78 is 6.99. The topological polar surface area (TPSA) is 68.8 Å². The van der Waals surface area contributed by atoms with Gasteiger partial charge in [0.1, 0.15) is 0 Å². The molecule has 1 fully saturated rings. The summed E-state index contributed by atoms with van der Waals surface area (Å²) in [6.07, 6.45) is 4.98. The number of rotatable bonds is 3. The average molecular weight is 233 g/mol. The molecule has 2 aromatic rings. The van der Waals surface area contributed by atoms with Crippen molar-refractivity contribution in [3.8, 4) is 5.88 Å². The van der Waals surface area contributed by atoms with E-state index in [0.717, 1.165) is 25.3 Å². The summed E-state index contributed by atoms with van der Waals surface area (Å²) >= 11 is 0. The second-order valence-corrected chi connectivity index (χ2v) is 4.37. The lowest BCUT2D eigenvalue weighted by Gasteiger charge is -2.21. The molecule has 1 aliphatic heterocycles. The number of nitrogens with one attached hydrogen (secondary N) is 1. The Bertz CT molecular complexity index is 458. The van der Waals surface area contributed by atoms with Crippen molar-refractivity contribution in [1.82, 2.24) is 25.5 Å². The van der Waals surface area contributed by atoms with Crippen LogP contribution in [0.5, 0.6) is 0 Å². The highest BCUT2D eigenvalue weighted by Gasteiger charge is 2.18. The van der Waals surface area contributed by atoms with Gasteiger partial charge in [-0.25, -0.2) is 0 Å². The number of piperidine rings is 1. The fourth-order valence-electron chi connectivity index (χ4n) is 2.25. The molecular weight excluding hydrogens is 218 g/mol. The Kier molecular flexibility index (Phi) is 2.87. The molecule has 1 N–H and O–H groups in total. The lowest BCUT2D eigenvalue weighted by Crippen LogP contribution is -2.31. The van der Waals surface area contributed by atoms with Gasteiger partial charge in [-0.15, -0.1) is 5.10 Å². The lowest BCUT2D eigenvalue weighted by molar-refractivity contribution is 0.366. The van der Waals surface area contributed by atoms with E-state index in [0.29, 0.717) is 11.8 Å². The number of tetrazole rings is 1. The third kappa shape index (κ3) is 2.21. The van der Waals surface area contributed by atoms with Crippen LogP contribution in [0, 0.1) is 5.92 Å². The van der Waals surface area contributed by atoms with E-state index in [9.17, 15) is 0 Å². The molecule has 2 aromatic heterocycles. The van der Waals surface area contributed by atoms with Crippen LogP contribution in [0.25, 0.3) is 5.88 Å². The first-order valence-corrected chi connectivity index (χ1v) is 5.95. The number of hydrogen-bond acceptors (Lipinski definition) is 5. The predicted molar refractivity (Wildman–Crippen MR) is 60.7 cm³/mol. The summed E-state index contributed by atoms with van der Waals surface area (Å²) in [6, 6.07) is 3.70. The smallest absolute Gasteiger partial charge is 0.222 e. The maximum Gasteiger partial charge on any atom is 0.222 e. The lowest BCUT2D eigenvalue weighted by atomic mass is 9.96. The molecule has 6 nitrogen and oxygen atoms in total. The number of hydrogen-bond donors (Lipinski definition) is 1. The zero-order valence-corrected chi connectivity index (χ0v) is 9.54. The van der Waals surface area contributed by atoms with Gasteiger partial charge >= 0.3 is 0 Å². The molecule has 0 aromatic carbocycles. The van der Waals surface area contributed by atoms with Crippen LogP contribution in [-0.4, -0.2) is 33.3 Å². The molecule has 90 valence electrons. The third-order valence-electron chi connectivity index (χ3n) is 3.12. The fraction of sp³-hybridized carbons (Fsp3) is 0.545. The van der Waals surface area contributed by atoms with E-state index in [1.165, 1.54) is 12.8 Å². The Balaban J connectivity index is 1.77. The monoisotopic (exact) mass is 233 g/mol. The van der Waals surface area contributed by atoms with Gasteiger partial charge in [0, 0.05) is 12.5 Å². The van der Waals surface area contributed by atoms with Crippen molar-refractivity contribution >= 4 is 0 Å². The zero-order chi connectivity index (χ0) is 11.5. The van der Waals surface area contributed by atoms with Crippen LogP contribution in [0.4, 0.5) is 0 Å². The third-order valence-corrected chi connectivity index (χ3v) is 3.12. The summed E-state index contributed by atoms with van der Waals surface area (Å²) in [5, 5.41) is 15.2. The van der Waals surface area contributed by atoms with Crippen molar-refractivity contribution in [2.75, 3.05) is 13.1 Å². The Labute approximate surface area is 99.0 Å². The SMILES string of the molecule is c1coc(-n2nnnc2CC2CCCNC2)c1. The number of aromatic nitrogens is 4. The standard InChI is InChI=1S/C11H15N5O/c1-3-9(8-12-5-1)7-10-13-14-15-16(10)11-4-2-6-17-11/h2,4,6,9,12H,1,3,5,7-8H2. The van der Waals surface area contributed by atoms with Crippen molar-refractivity contribution in [1.29, 1.82) is 0 Å². The second kappa shape index (κ2) is 4.67. The van der Waals surface area contributed by atoms with Crippen LogP contribution in [-0.2, 0) is 6.42 Å². The van der Waals surface area contributed by atoms with Crippen LogP contribution < -0.4 is 5.32 Å². The molecule has 1 aliphatic rings. The van der Waals surface area contributed by atoms with Gasteiger partial charge in [-0.3, -0.25) is 0 Å². The molecule has 0 saturated carbocycles. The van der Waals surface area contributed by atoms with Crippen LogP contribution in [0.1, 0.15) is 18.7 Å². The van der Waals surface area contributed by atoms with E-state index >= 15 is 0 Å². The van der Waals surface area contributed by atoms with E-state index in [1.807, 2.05) is 12.1 Å². The van der Waals surface area contributed by atoms with Gasteiger partial charge in [0.2, 0.25) is 5.88 Å². The Hall–Kier alpha value is -1.69. The molecule has 1 atom stereocenters. The minimum atomic E-state index is 0.614. The minimum Gasteiger partial charge on any atom is -0.447 e. The number of furan rings is 1. The largest absolute Gasteiger partial charge is 0.447 e. The van der Waals surface area contributed by atoms with Gasteiger partial charge in [0.25, 0.3) is 0 Å². The highest BCUT2D eigenvalue weighted by atomic mass is 16.3. The highest BCUT2D eigenvalue weighted by Crippen LogP contribution is 2.16. The molecule has 0 bridgehead atoms. The quantitative estimate of drug-likeness (QED) is 0.849. The first-order chi connectivity index (χ1) is 8.43. The van der Waals surface area contributed by atoms with E-state index in [-0.39, 0.29) is 0 Å². The molecule has 0 radical (unpaired) electrons. The van der Waals surface area contributed by atoms with Gasteiger partial charge in [0.15, 0.2) is 5.82 Å². The molecule has 0 spiro atoms. The van der Waals surface area contributed by atoms with Gasteiger partial charge in [-0.05, 0) is 48.3 Å². The van der Waals surface area contributed by atoms with E-state index in [2.05, 4.69) is 20.8 Å². The van der Waals surface area contributed by atoms with Crippen LogP contribution >= 0.6 is 0 Å². The van der Waals surface area contributed by atoms with Gasteiger partial charge in [-0.2, -0.15) is 4.68 Å². The van der Waals surface area contributed by atoms with Gasteiger partial charge in [-0.1, -0.05) is 0 Å². The highest BCUT2D eigenvalue weighted by molar-refractivity contribution is 5.16. The molecular formula is C11H15N5O. The minimum absolute atomic E-state index is 0.614. The summed E-state index contributed by atoms with van der Waals surface area (Å²) in [4.78, 5) is 0. The van der Waals surface area contributed by atoms with E-state index < -0.39 is 0 Å². The average Bonchev–Trinajstić information content (AvgIpc) is 3.00. The van der Waals surface area contributed by atoms with E-state index in [1.54, 1.807) is 10.9 Å². The summed E-state index contributed by atoms with van der Waals surface area (Å²) in [7, 11) is 0. The van der Waals surface area contributed by atoms with Crippen LogP contribution in [0.2, 0.25) is 0 Å². The van der Waals surface area contributed by atoms with Crippen molar-refractivity contribution in [3.63, 3.8) is 0 Å². The Morgan fingerprint density at radius 1 is 1.53 bits per heavy atom. The molecule has 3 heterocycles. The van der Waals surface area contributed by atoms with Crippen LogP contribution in [0.15, 0.2) is 22.8 Å². The van der Waals surface area contributed by atoms with Crippen molar-refractivity contribution in [2.24, 2.45) is 5.92 Å². The molecule has 0 aliphatic carbocycles. The van der Waals surface area contributed by atoms with Crippen LogP contribution in [0.3, 0.4) is 0 Å². The zero-order valence-electron chi connectivity index (χ0n) is 9.54. The Morgan fingerprint density at radius 2 is 2.53 bits per heavy atom. The molecule has 1 saturated heterocycles. The maximum atomic E-state index is 5.31. The normalized spacial score (nSPS) is 20.6. The Morgan fingerprint density at radius 3 is 3.29 bits per heavy atom. The van der Waals surface area contributed by atoms with Gasteiger partial charge < -0.3 is 9.73 Å². The fourth-order valence-corrected chi connectivity index (χ4v) is 2.25. The summed E-state index contributed by atoms with van der Waals surface area (Å²) in [5.74, 6) is 2.16. The van der Waals surface area contributed by atoms with Crippen molar-refractivity contribution in [2.45, 2.75) is 19.3 Å². The van der Waals surface area contributed by atoms with Gasteiger partial charge in [0.05, 0.1) is 6.26 Å². The molecule has 0 amide bonds. The summed E-state index contributed by atoms with van der Waals surface area (Å²) in [5.41, 5.74) is 0. The second-order valence-electron chi connectivity index (χ2n) is 4.37. The summed E-state index contributed by atoms with van der Waals surface area (Å²) in [6.45, 7) is 2.17. The molecule has 6 heteroatoms. The number of nitrogens with zero attached hydrogens (tertiary/aromatic N) is 4. The first kappa shape index (κ1) is 10.5. The predicted octanol–water partition coefficient (Wildman–Crippen LogP) is 0.797. The maximum absolute atomic E-state index is 5.31. The van der Waals surface area contributed by atoms with E-state index in [4.69, 9.17) is 4.42 Å². The molecule has 17 heavy (non-hydrogen) atoms. The van der Waals surface area contributed by atoms with Crippen molar-refractivity contribution < 1.29 is 4.42 Å². The molecule has 3 rings (SSSR count). The van der Waals surface area contributed by atoms with Crippen molar-refractivity contribution in [3.05, 3.63) is 24.2 Å². The molecule has 1 unspecified atom stereocenters.